The average molecular weight is 579 g/mol. The highest BCUT2D eigenvalue weighted by atomic mass is 35.5. The lowest BCUT2D eigenvalue weighted by Crippen LogP contribution is -2.32. The van der Waals surface area contributed by atoms with Gasteiger partial charge in [-0.25, -0.2) is 4.98 Å². The first-order valence-electron chi connectivity index (χ1n) is 12.4. The molecule has 0 saturated heterocycles. The van der Waals surface area contributed by atoms with Crippen LogP contribution in [0.2, 0.25) is 10.0 Å². The van der Waals surface area contributed by atoms with Gasteiger partial charge in [0.2, 0.25) is 5.91 Å². The van der Waals surface area contributed by atoms with Crippen LogP contribution < -0.4 is 4.90 Å². The molecule has 6 nitrogen and oxygen atoms in total. The molecule has 1 aliphatic heterocycles. The summed E-state index contributed by atoms with van der Waals surface area (Å²) < 4.78 is 1.99. The maximum absolute atomic E-state index is 13.0. The first-order chi connectivity index (χ1) is 18.7. The van der Waals surface area contributed by atoms with Crippen LogP contribution in [0.3, 0.4) is 0 Å². The van der Waals surface area contributed by atoms with Crippen LogP contribution in [0.4, 0.5) is 5.69 Å². The number of benzene rings is 3. The van der Waals surface area contributed by atoms with Gasteiger partial charge in [0.05, 0.1) is 35.6 Å². The number of thioether (sulfide) groups is 1. The van der Waals surface area contributed by atoms with E-state index < -0.39 is 5.54 Å². The molecule has 0 saturated carbocycles. The Labute approximate surface area is 243 Å². The number of carbonyl (C=O) groups excluding carboxylic acids is 1. The predicted molar refractivity (Wildman–Crippen MR) is 162 cm³/mol. The molecule has 39 heavy (non-hydrogen) atoms. The number of nitrogens with zero attached hydrogens (tertiary/aromatic N) is 5. The van der Waals surface area contributed by atoms with E-state index in [0.29, 0.717) is 15.8 Å². The third-order valence-electron chi connectivity index (χ3n) is 6.92. The minimum Gasteiger partial charge on any atom is -0.369 e. The molecule has 5 rings (SSSR count). The Kier molecular flexibility index (Phi) is 7.76. The van der Waals surface area contributed by atoms with Gasteiger partial charge < -0.3 is 14.4 Å². The van der Waals surface area contributed by atoms with Crippen molar-refractivity contribution in [3.63, 3.8) is 0 Å². The molecule has 2 heterocycles. The topological polar surface area (TPSA) is 53.7 Å². The largest absolute Gasteiger partial charge is 0.369 e. The molecule has 0 spiro atoms. The molecule has 1 aliphatic rings. The number of aromatic nitrogens is 2. The zero-order chi connectivity index (χ0) is 27.7. The van der Waals surface area contributed by atoms with Crippen LogP contribution in [-0.4, -0.2) is 53.6 Å². The number of aliphatic imine (C=N–C) groups is 1. The molecule has 0 bridgehead atoms. The van der Waals surface area contributed by atoms with Crippen LogP contribution in [0.1, 0.15) is 33.2 Å². The molecule has 2 unspecified atom stereocenters. The molecule has 0 aliphatic carbocycles. The van der Waals surface area contributed by atoms with E-state index in [2.05, 4.69) is 23.2 Å². The summed E-state index contributed by atoms with van der Waals surface area (Å²) in [4.78, 5) is 26.3. The second kappa shape index (κ2) is 11.1. The van der Waals surface area contributed by atoms with Gasteiger partial charge in [0.15, 0.2) is 5.54 Å². The molecule has 9 heteroatoms. The summed E-state index contributed by atoms with van der Waals surface area (Å²) in [6.07, 6.45) is 5.46. The van der Waals surface area contributed by atoms with E-state index >= 15 is 0 Å². The minimum atomic E-state index is -0.937. The maximum Gasteiger partial charge on any atom is 0.236 e. The standard InChI is InChI=1S/C30H29Cl2N5OS/c1-35(2)19-34-30(27-16-33-18-36(27)3,21-8-11-23(31)12-9-21)22-10-13-26-25(15-22)29(39-17-28(38)37(26)4)20-6-5-7-24(32)14-20/h5-16,18-19,29H,17H2,1-4H3. The Morgan fingerprint density at radius 2 is 1.77 bits per heavy atom. The van der Waals surface area contributed by atoms with Crippen molar-refractivity contribution in [2.75, 3.05) is 31.8 Å². The van der Waals surface area contributed by atoms with Crippen molar-refractivity contribution in [3.05, 3.63) is 117 Å². The van der Waals surface area contributed by atoms with E-state index in [-0.39, 0.29) is 11.2 Å². The minimum absolute atomic E-state index is 0.0553. The van der Waals surface area contributed by atoms with Gasteiger partial charge in [-0.1, -0.05) is 53.5 Å². The SMILES string of the molecule is CN(C)C=NC(c1ccc(Cl)cc1)(c1ccc2c(c1)C(c1cccc(Cl)c1)SCC(=O)N2C)c1cncn1C. The normalized spacial score (nSPS) is 17.1. The Morgan fingerprint density at radius 1 is 1.03 bits per heavy atom. The summed E-state index contributed by atoms with van der Waals surface area (Å²) in [5.41, 5.74) is 4.78. The fraction of sp³-hybridized carbons (Fsp3) is 0.233. The lowest BCUT2D eigenvalue weighted by atomic mass is 9.79. The fourth-order valence-electron chi connectivity index (χ4n) is 4.99. The molecule has 1 aromatic heterocycles. The smallest absolute Gasteiger partial charge is 0.236 e. The van der Waals surface area contributed by atoms with Crippen LogP contribution in [0.25, 0.3) is 0 Å². The number of halogens is 2. The lowest BCUT2D eigenvalue weighted by molar-refractivity contribution is -0.115. The van der Waals surface area contributed by atoms with Crippen molar-refractivity contribution in [1.29, 1.82) is 0 Å². The zero-order valence-electron chi connectivity index (χ0n) is 22.2. The van der Waals surface area contributed by atoms with Crippen molar-refractivity contribution in [1.82, 2.24) is 14.5 Å². The highest BCUT2D eigenvalue weighted by Gasteiger charge is 2.40. The monoisotopic (exact) mass is 577 g/mol. The summed E-state index contributed by atoms with van der Waals surface area (Å²) in [5, 5.41) is 1.21. The van der Waals surface area contributed by atoms with Gasteiger partial charge in [-0.05, 0) is 58.7 Å². The molecular weight excluding hydrogens is 549 g/mol. The third kappa shape index (κ3) is 5.19. The van der Waals surface area contributed by atoms with Gasteiger partial charge in [0, 0.05) is 43.9 Å². The second-order valence-electron chi connectivity index (χ2n) is 9.79. The van der Waals surface area contributed by atoms with Crippen LogP contribution in [0.15, 0.2) is 84.2 Å². The summed E-state index contributed by atoms with van der Waals surface area (Å²) in [6, 6.07) is 21.9. The molecule has 3 aromatic carbocycles. The number of amides is 1. The third-order valence-corrected chi connectivity index (χ3v) is 8.68. The van der Waals surface area contributed by atoms with E-state index in [0.717, 1.165) is 33.6 Å². The van der Waals surface area contributed by atoms with Crippen molar-refractivity contribution in [2.24, 2.45) is 12.0 Å². The van der Waals surface area contributed by atoms with Crippen LogP contribution >= 0.6 is 35.0 Å². The molecule has 200 valence electrons. The summed E-state index contributed by atoms with van der Waals surface area (Å²) >= 11 is 14.3. The van der Waals surface area contributed by atoms with Gasteiger partial charge in [-0.3, -0.25) is 9.79 Å². The van der Waals surface area contributed by atoms with Crippen molar-refractivity contribution in [2.45, 2.75) is 10.8 Å². The molecule has 0 N–H and O–H groups in total. The number of carbonyl (C=O) groups is 1. The van der Waals surface area contributed by atoms with Crippen LogP contribution in [0.5, 0.6) is 0 Å². The molecule has 0 fully saturated rings. The number of aryl methyl sites for hydroxylation is 1. The number of imidazole rings is 1. The van der Waals surface area contributed by atoms with Crippen molar-refractivity contribution in [3.8, 4) is 0 Å². The van der Waals surface area contributed by atoms with Crippen LogP contribution in [0, 0.1) is 0 Å². The fourth-order valence-corrected chi connectivity index (χ4v) is 6.53. The molecular formula is C30H29Cl2N5OS. The molecule has 1 amide bonds. The Morgan fingerprint density at radius 3 is 2.44 bits per heavy atom. The number of fused-ring (bicyclic) bond motifs is 1. The summed E-state index contributed by atoms with van der Waals surface area (Å²) in [7, 11) is 7.70. The first-order valence-corrected chi connectivity index (χ1v) is 14.2. The average Bonchev–Trinajstić information content (AvgIpc) is 3.30. The number of anilines is 1. The number of hydrogen-bond acceptors (Lipinski definition) is 4. The van der Waals surface area contributed by atoms with Crippen molar-refractivity contribution < 1.29 is 4.79 Å². The van der Waals surface area contributed by atoms with E-state index in [1.54, 1.807) is 23.0 Å². The van der Waals surface area contributed by atoms with Gasteiger partial charge in [-0.15, -0.1) is 11.8 Å². The van der Waals surface area contributed by atoms with E-state index in [4.69, 9.17) is 28.2 Å². The van der Waals surface area contributed by atoms with Gasteiger partial charge >= 0.3 is 0 Å². The second-order valence-corrected chi connectivity index (χ2v) is 11.8. The Hall–Kier alpha value is -3.26. The summed E-state index contributed by atoms with van der Waals surface area (Å²) in [5.74, 6) is 0.417. The highest BCUT2D eigenvalue weighted by molar-refractivity contribution is 8.00. The van der Waals surface area contributed by atoms with Gasteiger partial charge in [0.25, 0.3) is 0 Å². The molecule has 0 radical (unpaired) electrons. The maximum atomic E-state index is 13.0. The Balaban J connectivity index is 1.83. The number of rotatable bonds is 6. The van der Waals surface area contributed by atoms with Crippen molar-refractivity contribution >= 4 is 52.9 Å². The zero-order valence-corrected chi connectivity index (χ0v) is 24.5. The van der Waals surface area contributed by atoms with E-state index in [9.17, 15) is 4.79 Å². The Bertz CT molecular complexity index is 1530. The predicted octanol–water partition coefficient (Wildman–Crippen LogP) is 6.41. The summed E-state index contributed by atoms with van der Waals surface area (Å²) in [6.45, 7) is 0. The molecule has 4 aromatic rings. The molecule has 2 atom stereocenters. The van der Waals surface area contributed by atoms with Crippen LogP contribution in [-0.2, 0) is 17.4 Å². The first kappa shape index (κ1) is 27.3. The van der Waals surface area contributed by atoms with E-state index in [1.807, 2.05) is 98.7 Å². The van der Waals surface area contributed by atoms with E-state index in [1.165, 1.54) is 0 Å². The quantitative estimate of drug-likeness (QED) is 0.196. The number of hydrogen-bond donors (Lipinski definition) is 0. The van der Waals surface area contributed by atoms with Gasteiger partial charge in [-0.2, -0.15) is 0 Å². The lowest BCUT2D eigenvalue weighted by Gasteiger charge is -2.33. The van der Waals surface area contributed by atoms with Gasteiger partial charge in [0.1, 0.15) is 0 Å². The highest BCUT2D eigenvalue weighted by Crippen LogP contribution is 2.47.